The summed E-state index contributed by atoms with van der Waals surface area (Å²) in [5, 5.41) is 18.6. The first-order valence-corrected chi connectivity index (χ1v) is 9.43. The van der Waals surface area contributed by atoms with E-state index in [0.717, 1.165) is 23.3 Å². The van der Waals surface area contributed by atoms with E-state index in [1.54, 1.807) is 25.1 Å². The molecular formula is C22H16FN3OS. The minimum absolute atomic E-state index is 0.190. The molecular weight excluding hydrogens is 373 g/mol. The van der Waals surface area contributed by atoms with Gasteiger partial charge in [-0.25, -0.2) is 4.39 Å². The Balaban J connectivity index is 2.33. The second-order valence-corrected chi connectivity index (χ2v) is 7.21. The van der Waals surface area contributed by atoms with Crippen molar-refractivity contribution in [3.63, 3.8) is 0 Å². The van der Waals surface area contributed by atoms with Gasteiger partial charge in [-0.05, 0) is 48.2 Å². The molecule has 3 rings (SSSR count). The van der Waals surface area contributed by atoms with Gasteiger partial charge in [-0.2, -0.15) is 10.5 Å². The van der Waals surface area contributed by atoms with Gasteiger partial charge in [0.2, 0.25) is 0 Å². The molecule has 0 unspecified atom stereocenters. The van der Waals surface area contributed by atoms with E-state index in [4.69, 9.17) is 0 Å². The topological polar surface area (TPSA) is 69.6 Å². The van der Waals surface area contributed by atoms with Crippen LogP contribution in [0.3, 0.4) is 0 Å². The molecule has 0 amide bonds. The van der Waals surface area contributed by atoms with Crippen LogP contribution in [0.1, 0.15) is 23.6 Å². The molecule has 0 aliphatic rings. The maximum absolute atomic E-state index is 14.1. The highest BCUT2D eigenvalue weighted by atomic mass is 32.1. The Labute approximate surface area is 165 Å². The van der Waals surface area contributed by atoms with Gasteiger partial charge in [0.05, 0.1) is 10.2 Å². The van der Waals surface area contributed by atoms with Crippen molar-refractivity contribution in [2.45, 2.75) is 20.3 Å². The fourth-order valence-electron chi connectivity index (χ4n) is 2.73. The van der Waals surface area contributed by atoms with Gasteiger partial charge >= 0.3 is 0 Å². The highest BCUT2D eigenvalue weighted by molar-refractivity contribution is 7.07. The number of nitriles is 2. The molecule has 0 spiro atoms. The van der Waals surface area contributed by atoms with E-state index in [0.29, 0.717) is 10.1 Å². The monoisotopic (exact) mass is 389 g/mol. The quantitative estimate of drug-likeness (QED) is 0.692. The largest absolute Gasteiger partial charge is 0.273 e. The number of thiazole rings is 1. The van der Waals surface area contributed by atoms with Crippen molar-refractivity contribution >= 4 is 23.0 Å². The average molecular weight is 389 g/mol. The summed E-state index contributed by atoms with van der Waals surface area (Å²) in [4.78, 5) is 13.0. The smallest absolute Gasteiger partial charge is 0.267 e. The molecule has 0 saturated carbocycles. The molecule has 0 fully saturated rings. The number of nitrogens with zero attached hydrogens (tertiary/aromatic N) is 3. The number of hydrogen-bond donors (Lipinski definition) is 0. The third-order valence-corrected chi connectivity index (χ3v) is 5.45. The summed E-state index contributed by atoms with van der Waals surface area (Å²) in [5.74, 6) is -0.460. The zero-order chi connectivity index (χ0) is 20.3. The highest BCUT2D eigenvalue weighted by Gasteiger charge is 2.12. The molecule has 28 heavy (non-hydrogen) atoms. The third-order valence-electron chi connectivity index (χ3n) is 4.36. The van der Waals surface area contributed by atoms with Crippen molar-refractivity contribution in [3.05, 3.63) is 84.5 Å². The van der Waals surface area contributed by atoms with Crippen molar-refractivity contribution in [2.75, 3.05) is 0 Å². The second kappa shape index (κ2) is 8.04. The molecule has 0 atom stereocenters. The molecule has 0 radical (unpaired) electrons. The Morgan fingerprint density at radius 3 is 2.43 bits per heavy atom. The number of hydrogen-bond acceptors (Lipinski definition) is 4. The van der Waals surface area contributed by atoms with Crippen molar-refractivity contribution < 1.29 is 4.39 Å². The molecule has 1 heterocycles. The zero-order valence-corrected chi connectivity index (χ0v) is 16.2. The summed E-state index contributed by atoms with van der Waals surface area (Å²) < 4.78 is 15.8. The van der Waals surface area contributed by atoms with Gasteiger partial charge in [0.1, 0.15) is 22.6 Å². The van der Waals surface area contributed by atoms with E-state index in [2.05, 4.69) is 6.92 Å². The molecule has 0 bridgehead atoms. The number of aromatic nitrogens is 1. The normalized spacial score (nSPS) is 11.1. The summed E-state index contributed by atoms with van der Waals surface area (Å²) in [6.45, 7) is 3.68. The van der Waals surface area contributed by atoms with Crippen molar-refractivity contribution in [3.8, 4) is 17.8 Å². The van der Waals surface area contributed by atoms with Crippen LogP contribution in [0, 0.1) is 35.4 Å². The third kappa shape index (κ3) is 3.64. The Morgan fingerprint density at radius 2 is 1.86 bits per heavy atom. The SMILES string of the molecule is CCc1ccc(/C=c2\sc(=C(C#N)C#N)n(-c3ccc(C)c(F)c3)c2=O)cc1. The Hall–Kier alpha value is -3.48. The Bertz CT molecular complexity index is 1290. The number of halogens is 1. The van der Waals surface area contributed by atoms with E-state index in [1.807, 2.05) is 36.4 Å². The van der Waals surface area contributed by atoms with Gasteiger partial charge < -0.3 is 0 Å². The lowest BCUT2D eigenvalue weighted by Gasteiger charge is -2.04. The summed E-state index contributed by atoms with van der Waals surface area (Å²) in [6, 6.07) is 15.8. The van der Waals surface area contributed by atoms with Gasteiger partial charge in [-0.3, -0.25) is 9.36 Å². The van der Waals surface area contributed by atoms with Crippen LogP contribution in [0.25, 0.3) is 17.3 Å². The van der Waals surface area contributed by atoms with Gasteiger partial charge in [-0.15, -0.1) is 11.3 Å². The van der Waals surface area contributed by atoms with E-state index in [1.165, 1.54) is 16.2 Å². The van der Waals surface area contributed by atoms with Crippen LogP contribution in [0.15, 0.2) is 47.3 Å². The first kappa shape index (κ1) is 19.3. The van der Waals surface area contributed by atoms with E-state index in [9.17, 15) is 19.7 Å². The van der Waals surface area contributed by atoms with Crippen molar-refractivity contribution in [2.24, 2.45) is 0 Å². The van der Waals surface area contributed by atoms with Crippen LogP contribution in [0.5, 0.6) is 0 Å². The first-order chi connectivity index (χ1) is 13.5. The fourth-order valence-corrected chi connectivity index (χ4v) is 3.78. The molecule has 2 aromatic carbocycles. The number of benzene rings is 2. The van der Waals surface area contributed by atoms with Gasteiger partial charge in [0.25, 0.3) is 5.56 Å². The fraction of sp³-hybridized carbons (Fsp3) is 0.136. The van der Waals surface area contributed by atoms with Crippen LogP contribution in [0.2, 0.25) is 0 Å². The highest BCUT2D eigenvalue weighted by Crippen LogP contribution is 2.11. The van der Waals surface area contributed by atoms with Gasteiger partial charge in [0, 0.05) is 0 Å². The van der Waals surface area contributed by atoms with E-state index < -0.39 is 11.4 Å². The van der Waals surface area contributed by atoms with Crippen LogP contribution in [0.4, 0.5) is 4.39 Å². The number of rotatable bonds is 3. The van der Waals surface area contributed by atoms with Gasteiger partial charge in [-0.1, -0.05) is 37.3 Å². The standard InChI is InChI=1S/C22H16FN3OS/c1-3-15-5-7-16(8-6-15)10-20-21(27)26(22(28-20)17(12-24)13-25)18-9-4-14(2)19(23)11-18/h4-11H,3H2,1-2H3/b20-10-. The minimum atomic E-state index is -0.460. The summed E-state index contributed by atoms with van der Waals surface area (Å²) in [5.41, 5.74) is 2.15. The second-order valence-electron chi connectivity index (χ2n) is 6.18. The van der Waals surface area contributed by atoms with Crippen LogP contribution in [-0.2, 0) is 6.42 Å². The maximum Gasteiger partial charge on any atom is 0.273 e. The van der Waals surface area contributed by atoms with E-state index >= 15 is 0 Å². The Kier molecular flexibility index (Phi) is 5.54. The predicted octanol–water partition coefficient (Wildman–Crippen LogP) is 2.94. The minimum Gasteiger partial charge on any atom is -0.267 e. The molecule has 4 nitrogen and oxygen atoms in total. The molecule has 0 aliphatic heterocycles. The van der Waals surface area contributed by atoms with Crippen LogP contribution in [-0.4, -0.2) is 4.57 Å². The van der Waals surface area contributed by atoms with E-state index in [-0.39, 0.29) is 15.9 Å². The Morgan fingerprint density at radius 1 is 1.18 bits per heavy atom. The lowest BCUT2D eigenvalue weighted by atomic mass is 10.1. The molecule has 6 heteroatoms. The average Bonchev–Trinajstić information content (AvgIpc) is 3.02. The predicted molar refractivity (Wildman–Crippen MR) is 108 cm³/mol. The maximum atomic E-state index is 14.1. The lowest BCUT2D eigenvalue weighted by Crippen LogP contribution is -2.30. The van der Waals surface area contributed by atoms with Crippen molar-refractivity contribution in [1.82, 2.24) is 4.57 Å². The molecule has 0 aliphatic carbocycles. The molecule has 3 aromatic rings. The molecule has 0 N–H and O–H groups in total. The number of aryl methyl sites for hydroxylation is 2. The summed E-state index contributed by atoms with van der Waals surface area (Å²) in [6.07, 6.45) is 2.63. The van der Waals surface area contributed by atoms with Crippen LogP contribution < -0.4 is 14.8 Å². The summed E-state index contributed by atoms with van der Waals surface area (Å²) in [7, 11) is 0. The molecule has 1 aromatic heterocycles. The van der Waals surface area contributed by atoms with Gasteiger partial charge in [0.15, 0.2) is 5.57 Å². The summed E-state index contributed by atoms with van der Waals surface area (Å²) >= 11 is 1.04. The van der Waals surface area contributed by atoms with Crippen molar-refractivity contribution in [1.29, 1.82) is 10.5 Å². The van der Waals surface area contributed by atoms with Crippen LogP contribution >= 0.6 is 11.3 Å². The first-order valence-electron chi connectivity index (χ1n) is 8.62. The molecule has 0 saturated heterocycles. The molecule has 138 valence electrons. The zero-order valence-electron chi connectivity index (χ0n) is 15.4. The lowest BCUT2D eigenvalue weighted by molar-refractivity contribution is 0.617.